The van der Waals surface area contributed by atoms with Gasteiger partial charge in [0, 0.05) is 37.4 Å². The van der Waals surface area contributed by atoms with Crippen LogP contribution in [0.2, 0.25) is 0 Å². The van der Waals surface area contributed by atoms with E-state index < -0.39 is 17.2 Å². The standard InChI is InChI=1S/C21H26FN5O2/c1-13(22)15-6-7-17(27-10-9-24-14(12-27)11-21(2,3)29)26-18(15)19(28)16-5-4-8-25-20(16)23/h4-8,14,24,29H,1,9-12H2,2-3H3,(H2,23,25). The summed E-state index contributed by atoms with van der Waals surface area (Å²) < 4.78 is 14.0. The molecule has 1 saturated heterocycles. The van der Waals surface area contributed by atoms with Crippen molar-refractivity contribution in [3.63, 3.8) is 0 Å². The highest BCUT2D eigenvalue weighted by atomic mass is 19.1. The Balaban J connectivity index is 1.94. The molecule has 2 aromatic heterocycles. The second-order valence-electron chi connectivity index (χ2n) is 7.85. The average Bonchev–Trinajstić information content (AvgIpc) is 2.66. The fourth-order valence-corrected chi connectivity index (χ4v) is 3.53. The van der Waals surface area contributed by atoms with E-state index in [1.807, 2.05) is 4.90 Å². The lowest BCUT2D eigenvalue weighted by atomic mass is 9.97. The molecule has 3 rings (SSSR count). The fourth-order valence-electron chi connectivity index (χ4n) is 3.53. The molecular weight excluding hydrogens is 373 g/mol. The number of nitrogens with zero attached hydrogens (tertiary/aromatic N) is 3. The number of nitrogen functional groups attached to an aromatic ring is 1. The number of nitrogens with two attached hydrogens (primary N) is 1. The molecule has 0 aromatic carbocycles. The van der Waals surface area contributed by atoms with Crippen molar-refractivity contribution < 1.29 is 14.3 Å². The van der Waals surface area contributed by atoms with Crippen LogP contribution in [0.25, 0.3) is 5.83 Å². The molecule has 0 amide bonds. The number of piperazine rings is 1. The predicted octanol–water partition coefficient (Wildman–Crippen LogP) is 2.17. The van der Waals surface area contributed by atoms with E-state index >= 15 is 0 Å². The van der Waals surface area contributed by atoms with E-state index in [0.717, 1.165) is 0 Å². The molecular formula is C21H26FN5O2. The van der Waals surface area contributed by atoms with Crippen LogP contribution in [0.1, 0.15) is 41.9 Å². The number of carbonyl (C=O) groups excluding carboxylic acids is 1. The molecule has 1 unspecified atom stereocenters. The Bertz CT molecular complexity index is 926. The minimum Gasteiger partial charge on any atom is -0.390 e. The van der Waals surface area contributed by atoms with Gasteiger partial charge in [-0.05, 0) is 44.5 Å². The number of hydrogen-bond donors (Lipinski definition) is 3. The third kappa shape index (κ3) is 4.96. The number of pyridine rings is 2. The van der Waals surface area contributed by atoms with Gasteiger partial charge in [-0.3, -0.25) is 4.79 Å². The van der Waals surface area contributed by atoms with Crippen LogP contribution in [0.15, 0.2) is 37.0 Å². The summed E-state index contributed by atoms with van der Waals surface area (Å²) in [5.74, 6) is -0.625. The maximum Gasteiger partial charge on any atom is 0.215 e. The zero-order chi connectivity index (χ0) is 21.2. The van der Waals surface area contributed by atoms with Crippen LogP contribution >= 0.6 is 0 Å². The molecule has 0 aliphatic carbocycles. The summed E-state index contributed by atoms with van der Waals surface area (Å²) in [7, 11) is 0. The zero-order valence-electron chi connectivity index (χ0n) is 16.7. The number of aliphatic hydroxyl groups is 1. The summed E-state index contributed by atoms with van der Waals surface area (Å²) in [4.78, 5) is 23.4. The number of halogens is 1. The molecule has 1 fully saturated rings. The Morgan fingerprint density at radius 2 is 2.17 bits per heavy atom. The summed E-state index contributed by atoms with van der Waals surface area (Å²) in [6.45, 7) is 8.84. The van der Waals surface area contributed by atoms with Crippen LogP contribution in [0.4, 0.5) is 16.0 Å². The molecule has 0 spiro atoms. The van der Waals surface area contributed by atoms with Gasteiger partial charge >= 0.3 is 0 Å². The lowest BCUT2D eigenvalue weighted by Crippen LogP contribution is -2.53. The summed E-state index contributed by atoms with van der Waals surface area (Å²) in [5, 5.41) is 13.5. The van der Waals surface area contributed by atoms with Crippen molar-refractivity contribution in [1.29, 1.82) is 0 Å². The molecule has 0 bridgehead atoms. The van der Waals surface area contributed by atoms with E-state index in [1.54, 1.807) is 26.0 Å². The topological polar surface area (TPSA) is 104 Å². The molecule has 0 radical (unpaired) electrons. The third-order valence-corrected chi connectivity index (χ3v) is 4.80. The quantitative estimate of drug-likeness (QED) is 0.640. The molecule has 1 atom stereocenters. The molecule has 4 N–H and O–H groups in total. The highest BCUT2D eigenvalue weighted by molar-refractivity contribution is 6.12. The van der Waals surface area contributed by atoms with Gasteiger partial charge in [-0.25, -0.2) is 14.4 Å². The second-order valence-corrected chi connectivity index (χ2v) is 7.85. The predicted molar refractivity (Wildman–Crippen MR) is 111 cm³/mol. The minimum absolute atomic E-state index is 0.0326. The van der Waals surface area contributed by atoms with Crippen molar-refractivity contribution >= 4 is 23.2 Å². The van der Waals surface area contributed by atoms with E-state index in [-0.39, 0.29) is 28.7 Å². The van der Waals surface area contributed by atoms with E-state index in [2.05, 4.69) is 21.9 Å². The second kappa shape index (κ2) is 8.26. The monoisotopic (exact) mass is 399 g/mol. The number of hydrogen-bond acceptors (Lipinski definition) is 7. The average molecular weight is 399 g/mol. The van der Waals surface area contributed by atoms with Gasteiger partial charge in [0.1, 0.15) is 23.2 Å². The van der Waals surface area contributed by atoms with Crippen molar-refractivity contribution in [3.05, 3.63) is 53.9 Å². The Morgan fingerprint density at radius 1 is 1.41 bits per heavy atom. The number of anilines is 2. The van der Waals surface area contributed by atoms with E-state index in [1.165, 1.54) is 18.3 Å². The van der Waals surface area contributed by atoms with Crippen molar-refractivity contribution in [2.45, 2.75) is 31.9 Å². The van der Waals surface area contributed by atoms with Crippen molar-refractivity contribution in [3.8, 4) is 0 Å². The normalized spacial score (nSPS) is 17.2. The van der Waals surface area contributed by atoms with Gasteiger partial charge in [-0.1, -0.05) is 6.58 Å². The van der Waals surface area contributed by atoms with Gasteiger partial charge in [0.25, 0.3) is 0 Å². The molecule has 2 aromatic rings. The first-order chi connectivity index (χ1) is 13.7. The first-order valence-electron chi connectivity index (χ1n) is 9.47. The molecule has 7 nitrogen and oxygen atoms in total. The van der Waals surface area contributed by atoms with Crippen LogP contribution in [-0.2, 0) is 0 Å². The van der Waals surface area contributed by atoms with E-state index in [9.17, 15) is 14.3 Å². The van der Waals surface area contributed by atoms with Gasteiger partial charge in [0.15, 0.2) is 0 Å². The summed E-state index contributed by atoms with van der Waals surface area (Å²) >= 11 is 0. The highest BCUT2D eigenvalue weighted by Gasteiger charge is 2.27. The number of aromatic nitrogens is 2. The molecule has 1 aliphatic heterocycles. The Labute approximate surface area is 169 Å². The van der Waals surface area contributed by atoms with Crippen LogP contribution in [0.5, 0.6) is 0 Å². The third-order valence-electron chi connectivity index (χ3n) is 4.80. The first-order valence-corrected chi connectivity index (χ1v) is 9.47. The molecule has 154 valence electrons. The first kappa shape index (κ1) is 20.9. The molecule has 0 saturated carbocycles. The molecule has 8 heteroatoms. The van der Waals surface area contributed by atoms with Gasteiger partial charge in [0.05, 0.1) is 11.2 Å². The van der Waals surface area contributed by atoms with Crippen molar-refractivity contribution in [2.24, 2.45) is 0 Å². The number of rotatable bonds is 6. The van der Waals surface area contributed by atoms with E-state index in [0.29, 0.717) is 31.9 Å². The summed E-state index contributed by atoms with van der Waals surface area (Å²) in [5.41, 5.74) is 5.17. The Morgan fingerprint density at radius 3 is 2.83 bits per heavy atom. The summed E-state index contributed by atoms with van der Waals surface area (Å²) in [6.07, 6.45) is 2.05. The van der Waals surface area contributed by atoms with Crippen LogP contribution in [0.3, 0.4) is 0 Å². The lowest BCUT2D eigenvalue weighted by Gasteiger charge is -2.37. The minimum atomic E-state index is -0.803. The van der Waals surface area contributed by atoms with Crippen molar-refractivity contribution in [1.82, 2.24) is 15.3 Å². The Kier molecular flexibility index (Phi) is 5.95. The fraction of sp³-hybridized carbons (Fsp3) is 0.381. The number of nitrogens with one attached hydrogen (secondary N) is 1. The Hall–Kier alpha value is -2.84. The van der Waals surface area contributed by atoms with Gasteiger partial charge in [-0.15, -0.1) is 0 Å². The maximum absolute atomic E-state index is 14.0. The largest absolute Gasteiger partial charge is 0.390 e. The number of ketones is 1. The SMILES string of the molecule is C=C(F)c1ccc(N2CCNC(CC(C)(C)O)C2)nc1C(=O)c1cccnc1N. The highest BCUT2D eigenvalue weighted by Crippen LogP contribution is 2.26. The van der Waals surface area contributed by atoms with Crippen LogP contribution in [-0.4, -0.2) is 52.1 Å². The van der Waals surface area contributed by atoms with Gasteiger partial charge in [-0.2, -0.15) is 0 Å². The van der Waals surface area contributed by atoms with E-state index in [4.69, 9.17) is 5.73 Å². The maximum atomic E-state index is 14.0. The molecule has 29 heavy (non-hydrogen) atoms. The zero-order valence-corrected chi connectivity index (χ0v) is 16.7. The van der Waals surface area contributed by atoms with Gasteiger partial charge < -0.3 is 21.1 Å². The smallest absolute Gasteiger partial charge is 0.215 e. The molecule has 1 aliphatic rings. The number of carbonyl (C=O) groups is 1. The van der Waals surface area contributed by atoms with Crippen molar-refractivity contribution in [2.75, 3.05) is 30.3 Å². The van der Waals surface area contributed by atoms with Crippen LogP contribution in [0, 0.1) is 0 Å². The van der Waals surface area contributed by atoms with Crippen LogP contribution < -0.4 is 16.0 Å². The lowest BCUT2D eigenvalue weighted by molar-refractivity contribution is 0.0586. The summed E-state index contributed by atoms with van der Waals surface area (Å²) in [6, 6.07) is 6.38. The van der Waals surface area contributed by atoms with Gasteiger partial charge in [0.2, 0.25) is 5.78 Å². The molecule has 3 heterocycles.